The van der Waals surface area contributed by atoms with Gasteiger partial charge >= 0.3 is 6.18 Å². The van der Waals surface area contributed by atoms with E-state index in [1.165, 1.54) is 15.8 Å². The Balaban J connectivity index is 1.18. The number of carbonyl (C=O) groups is 2. The molecule has 288 valence electrons. The number of nitrogens with zero attached hydrogens (tertiary/aromatic N) is 9. The lowest BCUT2D eigenvalue weighted by atomic mass is 9.85. The number of aryl methyl sites for hydroxylation is 2. The molecule has 15 nitrogen and oxygen atoms in total. The number of aromatic nitrogens is 8. The monoisotopic (exact) mass is 788 g/mol. The van der Waals surface area contributed by atoms with Crippen molar-refractivity contribution in [1.29, 1.82) is 0 Å². The number of likely N-dealkylation sites (tertiary alicyclic amines) is 1. The SMILES string of the molecule is Cc1cn(-c2ccc(-c3nc4n(CC(=O)Nc5ccc(C(F)(F)F)cc5Cl)c5c(c(=O)n4n3)C3(CCN(C(=O)c4ncnc(C)c4O)CC3)O[C@@H]5C)cc2)cn1. The Bertz CT molecular complexity index is 2610. The van der Waals surface area contributed by atoms with E-state index in [0.29, 0.717) is 11.3 Å². The Morgan fingerprint density at radius 1 is 1.07 bits per heavy atom. The van der Waals surface area contributed by atoms with E-state index in [9.17, 15) is 32.7 Å². The number of imidazole rings is 1. The molecule has 0 unspecified atom stereocenters. The van der Waals surface area contributed by atoms with Gasteiger partial charge < -0.3 is 29.2 Å². The van der Waals surface area contributed by atoms with Crippen LogP contribution in [0.25, 0.3) is 22.9 Å². The van der Waals surface area contributed by atoms with E-state index in [1.54, 1.807) is 32.3 Å². The van der Waals surface area contributed by atoms with Crippen LogP contribution in [0.1, 0.15) is 64.6 Å². The summed E-state index contributed by atoms with van der Waals surface area (Å²) in [5.41, 5.74) is 0.252. The number of benzene rings is 2. The molecule has 2 N–H and O–H groups in total. The molecule has 2 aliphatic heterocycles. The molecule has 2 amide bonds. The van der Waals surface area contributed by atoms with E-state index in [-0.39, 0.29) is 70.9 Å². The average molecular weight is 789 g/mol. The van der Waals surface area contributed by atoms with Crippen LogP contribution >= 0.6 is 11.6 Å². The van der Waals surface area contributed by atoms with Crippen molar-refractivity contribution in [3.8, 4) is 22.8 Å². The van der Waals surface area contributed by atoms with E-state index < -0.39 is 47.4 Å². The van der Waals surface area contributed by atoms with Crippen molar-refractivity contribution in [3.05, 3.63) is 111 Å². The van der Waals surface area contributed by atoms with E-state index in [2.05, 4.69) is 25.4 Å². The standard InChI is InChI=1S/C37H32ClF3N10O5/c1-19-15-49(18-44-19)24-7-4-22(5-8-24)32-46-35-50(16-27(52)45-26-9-6-23(14-25(26)38)37(39,40)41)30-21(3)56-36(28(30)33(54)51(35)47-32)10-12-48(13-11-36)34(55)29-31(53)20(2)42-17-43-29/h4-9,14-15,17-18,21,53H,10-13,16H2,1-3H3,(H,45,52)/t21-/m1/s1. The summed E-state index contributed by atoms with van der Waals surface area (Å²) in [5, 5.41) is 17.3. The summed E-state index contributed by atoms with van der Waals surface area (Å²) in [6, 6.07) is 9.87. The summed E-state index contributed by atoms with van der Waals surface area (Å²) in [6.07, 6.45) is -0.246. The first kappa shape index (κ1) is 36.8. The minimum atomic E-state index is -4.63. The molecular formula is C37H32ClF3N10O5. The smallest absolute Gasteiger partial charge is 0.416 e. The van der Waals surface area contributed by atoms with Crippen LogP contribution in [0.5, 0.6) is 5.75 Å². The molecule has 6 aromatic rings. The molecule has 6 heterocycles. The number of hydrogen-bond acceptors (Lipinski definition) is 10. The van der Waals surface area contributed by atoms with Gasteiger partial charge in [0.15, 0.2) is 17.3 Å². The highest BCUT2D eigenvalue weighted by Gasteiger charge is 2.50. The Morgan fingerprint density at radius 3 is 2.46 bits per heavy atom. The first-order valence-corrected chi connectivity index (χ1v) is 17.8. The van der Waals surface area contributed by atoms with Gasteiger partial charge in [0.05, 0.1) is 51.3 Å². The second-order valence-corrected chi connectivity index (χ2v) is 14.1. The molecule has 0 aliphatic carbocycles. The van der Waals surface area contributed by atoms with Crippen LogP contribution in [0.4, 0.5) is 18.9 Å². The van der Waals surface area contributed by atoms with Gasteiger partial charge in [-0.2, -0.15) is 22.7 Å². The summed E-state index contributed by atoms with van der Waals surface area (Å²) in [5.74, 6) is -1.26. The Kier molecular flexibility index (Phi) is 8.91. The van der Waals surface area contributed by atoms with Crippen LogP contribution in [0, 0.1) is 13.8 Å². The average Bonchev–Trinajstić information content (AvgIpc) is 3.88. The topological polar surface area (TPSA) is 175 Å². The van der Waals surface area contributed by atoms with E-state index in [0.717, 1.165) is 34.1 Å². The van der Waals surface area contributed by atoms with Crippen LogP contribution in [0.15, 0.2) is 66.1 Å². The third-order valence-electron chi connectivity index (χ3n) is 10.1. The maximum absolute atomic E-state index is 14.5. The van der Waals surface area contributed by atoms with Crippen molar-refractivity contribution in [1.82, 2.24) is 43.6 Å². The maximum Gasteiger partial charge on any atom is 0.416 e. The minimum absolute atomic E-state index is 0.0291. The number of ether oxygens (including phenoxy) is 1. The number of anilines is 1. The molecule has 8 rings (SSSR count). The first-order valence-electron chi connectivity index (χ1n) is 17.4. The van der Waals surface area contributed by atoms with Gasteiger partial charge in [0, 0.05) is 30.5 Å². The predicted molar refractivity (Wildman–Crippen MR) is 194 cm³/mol. The zero-order chi connectivity index (χ0) is 39.7. The molecule has 0 radical (unpaired) electrons. The molecule has 1 spiro atoms. The Labute approximate surface area is 320 Å². The molecule has 56 heavy (non-hydrogen) atoms. The molecule has 19 heteroatoms. The molecule has 2 aromatic carbocycles. The van der Waals surface area contributed by atoms with Gasteiger partial charge in [0.25, 0.3) is 11.5 Å². The highest BCUT2D eigenvalue weighted by Crippen LogP contribution is 2.48. The van der Waals surface area contributed by atoms with E-state index in [4.69, 9.17) is 21.3 Å². The number of rotatable bonds is 6. The lowest BCUT2D eigenvalue weighted by Gasteiger charge is -2.39. The van der Waals surface area contributed by atoms with Crippen molar-refractivity contribution < 1.29 is 32.6 Å². The van der Waals surface area contributed by atoms with Crippen molar-refractivity contribution in [2.24, 2.45) is 0 Å². The van der Waals surface area contributed by atoms with Gasteiger partial charge in [-0.25, -0.2) is 15.0 Å². The van der Waals surface area contributed by atoms with Gasteiger partial charge in [0.2, 0.25) is 11.7 Å². The molecular weight excluding hydrogens is 757 g/mol. The summed E-state index contributed by atoms with van der Waals surface area (Å²) in [7, 11) is 0. The predicted octanol–water partition coefficient (Wildman–Crippen LogP) is 5.39. The third-order valence-corrected chi connectivity index (χ3v) is 10.4. The fraction of sp³-hybridized carbons (Fsp3) is 0.297. The highest BCUT2D eigenvalue weighted by molar-refractivity contribution is 6.33. The largest absolute Gasteiger partial charge is 0.504 e. The number of fused-ring (bicyclic) bond motifs is 3. The van der Waals surface area contributed by atoms with Gasteiger partial charge in [-0.1, -0.05) is 11.6 Å². The lowest BCUT2D eigenvalue weighted by molar-refractivity contribution is -0.137. The van der Waals surface area contributed by atoms with Crippen molar-refractivity contribution >= 4 is 34.9 Å². The number of halogens is 4. The number of nitrogens with one attached hydrogen (secondary N) is 1. The molecule has 0 saturated carbocycles. The molecule has 1 saturated heterocycles. The summed E-state index contributed by atoms with van der Waals surface area (Å²) in [6.45, 7) is 5.01. The zero-order valence-corrected chi connectivity index (χ0v) is 30.8. The fourth-order valence-electron chi connectivity index (χ4n) is 7.34. The zero-order valence-electron chi connectivity index (χ0n) is 30.0. The van der Waals surface area contributed by atoms with Gasteiger partial charge in [-0.15, -0.1) is 5.10 Å². The first-order chi connectivity index (χ1) is 26.6. The highest BCUT2D eigenvalue weighted by atomic mass is 35.5. The van der Waals surface area contributed by atoms with Crippen molar-refractivity contribution in [2.75, 3.05) is 18.4 Å². The minimum Gasteiger partial charge on any atom is -0.504 e. The third kappa shape index (κ3) is 6.33. The molecule has 1 atom stereocenters. The van der Waals surface area contributed by atoms with Crippen LogP contribution in [-0.4, -0.2) is 73.6 Å². The number of hydrogen-bond donors (Lipinski definition) is 2. The summed E-state index contributed by atoms with van der Waals surface area (Å²) in [4.78, 5) is 60.1. The molecule has 4 aromatic heterocycles. The van der Waals surface area contributed by atoms with Crippen LogP contribution in [0.3, 0.4) is 0 Å². The van der Waals surface area contributed by atoms with E-state index in [1.807, 2.05) is 29.8 Å². The number of amides is 2. The van der Waals surface area contributed by atoms with Crippen molar-refractivity contribution in [3.63, 3.8) is 0 Å². The van der Waals surface area contributed by atoms with Gasteiger partial charge in [-0.3, -0.25) is 14.4 Å². The van der Waals surface area contributed by atoms with E-state index >= 15 is 0 Å². The second-order valence-electron chi connectivity index (χ2n) is 13.7. The quantitative estimate of drug-likeness (QED) is 0.223. The number of aromatic hydroxyl groups is 1. The normalized spacial score (nSPS) is 16.4. The molecule has 0 bridgehead atoms. The molecule has 1 fully saturated rings. The Morgan fingerprint density at radius 2 is 1.80 bits per heavy atom. The van der Waals surface area contributed by atoms with Gasteiger partial charge in [-0.05, 0) is 76.1 Å². The Hall–Kier alpha value is -6.14. The second kappa shape index (κ2) is 13.6. The summed E-state index contributed by atoms with van der Waals surface area (Å²) >= 11 is 6.16. The molecule has 2 aliphatic rings. The summed E-state index contributed by atoms with van der Waals surface area (Å²) < 4.78 is 50.9. The van der Waals surface area contributed by atoms with Crippen molar-refractivity contribution in [2.45, 2.75) is 58.0 Å². The van der Waals surface area contributed by atoms with Crippen LogP contribution in [0.2, 0.25) is 5.02 Å². The number of carbonyl (C=O) groups excluding carboxylic acids is 2. The number of piperidine rings is 1. The number of alkyl halides is 3. The van der Waals surface area contributed by atoms with Crippen LogP contribution in [-0.2, 0) is 27.9 Å². The van der Waals surface area contributed by atoms with Crippen LogP contribution < -0.4 is 10.9 Å². The van der Waals surface area contributed by atoms with Gasteiger partial charge in [0.1, 0.15) is 18.5 Å². The lowest BCUT2D eigenvalue weighted by Crippen LogP contribution is -2.47. The maximum atomic E-state index is 14.5. The fourth-order valence-corrected chi connectivity index (χ4v) is 7.57.